The number of hydrogen-bond donors (Lipinski definition) is 1. The molecular formula is C13H21N3O2. The highest BCUT2D eigenvalue weighted by atomic mass is 16.5. The van der Waals surface area contributed by atoms with Gasteiger partial charge in [-0.15, -0.1) is 0 Å². The summed E-state index contributed by atoms with van der Waals surface area (Å²) in [5, 5.41) is 8.87. The molecule has 2 N–H and O–H groups in total. The van der Waals surface area contributed by atoms with E-state index in [0.717, 1.165) is 19.3 Å². The van der Waals surface area contributed by atoms with Crippen molar-refractivity contribution in [2.75, 3.05) is 26.2 Å². The van der Waals surface area contributed by atoms with Gasteiger partial charge in [0.15, 0.2) is 6.10 Å². The molecule has 0 aromatic carbocycles. The van der Waals surface area contributed by atoms with Gasteiger partial charge in [-0.2, -0.15) is 5.26 Å². The number of amides is 1. The van der Waals surface area contributed by atoms with Gasteiger partial charge in [-0.3, -0.25) is 4.79 Å². The van der Waals surface area contributed by atoms with E-state index in [-0.39, 0.29) is 11.8 Å². The maximum Gasteiger partial charge on any atom is 0.226 e. The third-order valence-corrected chi connectivity index (χ3v) is 4.05. The lowest BCUT2D eigenvalue weighted by Crippen LogP contribution is -2.49. The number of rotatable bonds is 2. The van der Waals surface area contributed by atoms with E-state index < -0.39 is 6.10 Å². The maximum absolute atomic E-state index is 12.5. The maximum atomic E-state index is 12.5. The number of nitrogens with two attached hydrogens (primary N) is 1. The van der Waals surface area contributed by atoms with E-state index in [1.165, 1.54) is 6.42 Å². The molecule has 5 heteroatoms. The van der Waals surface area contributed by atoms with Gasteiger partial charge in [-0.25, -0.2) is 0 Å². The number of carbonyl (C=O) groups is 1. The Hall–Kier alpha value is -1.12. The van der Waals surface area contributed by atoms with Crippen LogP contribution in [0.25, 0.3) is 0 Å². The Bertz CT molecular complexity index is 340. The van der Waals surface area contributed by atoms with Gasteiger partial charge in [0, 0.05) is 12.5 Å². The quantitative estimate of drug-likeness (QED) is 0.775. The minimum Gasteiger partial charge on any atom is -0.360 e. The van der Waals surface area contributed by atoms with Crippen molar-refractivity contribution in [3.05, 3.63) is 0 Å². The Morgan fingerprint density at radius 1 is 1.44 bits per heavy atom. The summed E-state index contributed by atoms with van der Waals surface area (Å²) in [6.45, 7) is 2.06. The fourth-order valence-corrected chi connectivity index (χ4v) is 2.98. The third kappa shape index (κ3) is 2.82. The van der Waals surface area contributed by atoms with Crippen molar-refractivity contribution in [1.29, 1.82) is 5.26 Å². The zero-order valence-electron chi connectivity index (χ0n) is 10.7. The molecule has 1 saturated carbocycles. The molecule has 5 nitrogen and oxygen atoms in total. The molecule has 1 heterocycles. The summed E-state index contributed by atoms with van der Waals surface area (Å²) >= 11 is 0. The van der Waals surface area contributed by atoms with E-state index in [2.05, 4.69) is 6.07 Å². The van der Waals surface area contributed by atoms with E-state index in [1.807, 2.05) is 0 Å². The SMILES string of the molecule is N#CC1CN(C(=O)C2CCCCC2CN)CCO1. The van der Waals surface area contributed by atoms with Gasteiger partial charge in [0.2, 0.25) is 5.91 Å². The van der Waals surface area contributed by atoms with Crippen LogP contribution in [0.5, 0.6) is 0 Å². The van der Waals surface area contributed by atoms with E-state index >= 15 is 0 Å². The third-order valence-electron chi connectivity index (χ3n) is 4.05. The lowest BCUT2D eigenvalue weighted by molar-refractivity contribution is -0.144. The average Bonchev–Trinajstić information content (AvgIpc) is 2.46. The van der Waals surface area contributed by atoms with Crippen LogP contribution in [0.3, 0.4) is 0 Å². The van der Waals surface area contributed by atoms with Crippen molar-refractivity contribution < 1.29 is 9.53 Å². The molecule has 18 heavy (non-hydrogen) atoms. The normalized spacial score (nSPS) is 32.9. The van der Waals surface area contributed by atoms with Crippen LogP contribution in [0, 0.1) is 23.2 Å². The monoisotopic (exact) mass is 251 g/mol. The summed E-state index contributed by atoms with van der Waals surface area (Å²) in [5.41, 5.74) is 5.77. The lowest BCUT2D eigenvalue weighted by Gasteiger charge is -2.36. The summed E-state index contributed by atoms with van der Waals surface area (Å²) < 4.78 is 5.27. The van der Waals surface area contributed by atoms with Gasteiger partial charge < -0.3 is 15.4 Å². The second-order valence-corrected chi connectivity index (χ2v) is 5.16. The lowest BCUT2D eigenvalue weighted by atomic mass is 9.78. The van der Waals surface area contributed by atoms with Gasteiger partial charge in [0.05, 0.1) is 19.2 Å². The Labute approximate surface area is 108 Å². The van der Waals surface area contributed by atoms with Crippen molar-refractivity contribution >= 4 is 5.91 Å². The summed E-state index contributed by atoms with van der Waals surface area (Å²) in [6.07, 6.45) is 3.81. The first-order chi connectivity index (χ1) is 8.76. The average molecular weight is 251 g/mol. The van der Waals surface area contributed by atoms with Crippen molar-refractivity contribution in [2.24, 2.45) is 17.6 Å². The summed E-state index contributed by atoms with van der Waals surface area (Å²) in [7, 11) is 0. The Balaban J connectivity index is 1.99. The Kier molecular flexibility index (Phi) is 4.56. The molecule has 0 bridgehead atoms. The van der Waals surface area contributed by atoms with Crippen molar-refractivity contribution in [3.63, 3.8) is 0 Å². The van der Waals surface area contributed by atoms with Crippen LogP contribution < -0.4 is 5.73 Å². The Morgan fingerprint density at radius 3 is 2.94 bits per heavy atom. The molecule has 0 aromatic heterocycles. The second-order valence-electron chi connectivity index (χ2n) is 5.16. The van der Waals surface area contributed by atoms with Gasteiger partial charge in [-0.1, -0.05) is 12.8 Å². The molecule has 2 fully saturated rings. The van der Waals surface area contributed by atoms with Gasteiger partial charge in [-0.05, 0) is 25.3 Å². The molecule has 2 rings (SSSR count). The molecule has 0 spiro atoms. The zero-order chi connectivity index (χ0) is 13.0. The van der Waals surface area contributed by atoms with Crippen molar-refractivity contribution in [3.8, 4) is 6.07 Å². The summed E-state index contributed by atoms with van der Waals surface area (Å²) in [5.74, 6) is 0.546. The smallest absolute Gasteiger partial charge is 0.226 e. The predicted molar refractivity (Wildman–Crippen MR) is 66.4 cm³/mol. The molecule has 1 aliphatic heterocycles. The fraction of sp³-hybridized carbons (Fsp3) is 0.846. The number of hydrogen-bond acceptors (Lipinski definition) is 4. The Morgan fingerprint density at radius 2 is 2.22 bits per heavy atom. The molecule has 2 aliphatic rings. The molecule has 100 valence electrons. The minimum absolute atomic E-state index is 0.0567. The topological polar surface area (TPSA) is 79.4 Å². The number of carbonyl (C=O) groups excluding carboxylic acids is 1. The molecule has 3 atom stereocenters. The minimum atomic E-state index is -0.470. The largest absolute Gasteiger partial charge is 0.360 e. The van der Waals surface area contributed by atoms with E-state index in [1.54, 1.807) is 4.90 Å². The summed E-state index contributed by atoms with van der Waals surface area (Å²) in [6, 6.07) is 2.08. The van der Waals surface area contributed by atoms with Gasteiger partial charge in [0.25, 0.3) is 0 Å². The number of nitriles is 1. The molecule has 0 aromatic rings. The molecule has 1 amide bonds. The van der Waals surface area contributed by atoms with Gasteiger partial charge >= 0.3 is 0 Å². The zero-order valence-corrected chi connectivity index (χ0v) is 10.7. The number of ether oxygens (including phenoxy) is 1. The van der Waals surface area contributed by atoms with E-state index in [0.29, 0.717) is 32.2 Å². The number of nitrogens with zero attached hydrogens (tertiary/aromatic N) is 2. The highest BCUT2D eigenvalue weighted by Gasteiger charge is 2.34. The molecule has 1 saturated heterocycles. The first-order valence-electron chi connectivity index (χ1n) is 6.76. The van der Waals surface area contributed by atoms with Gasteiger partial charge in [0.1, 0.15) is 0 Å². The summed E-state index contributed by atoms with van der Waals surface area (Å²) in [4.78, 5) is 14.3. The van der Waals surface area contributed by atoms with E-state index in [9.17, 15) is 4.79 Å². The second kappa shape index (κ2) is 6.17. The van der Waals surface area contributed by atoms with Crippen LogP contribution in [0.4, 0.5) is 0 Å². The number of morpholine rings is 1. The molecule has 3 unspecified atom stereocenters. The van der Waals surface area contributed by atoms with Crippen LogP contribution in [0.15, 0.2) is 0 Å². The van der Waals surface area contributed by atoms with E-state index in [4.69, 9.17) is 15.7 Å². The van der Waals surface area contributed by atoms with Crippen molar-refractivity contribution in [1.82, 2.24) is 4.90 Å². The first-order valence-corrected chi connectivity index (χ1v) is 6.76. The highest BCUT2D eigenvalue weighted by molar-refractivity contribution is 5.79. The highest BCUT2D eigenvalue weighted by Crippen LogP contribution is 2.31. The van der Waals surface area contributed by atoms with Crippen molar-refractivity contribution in [2.45, 2.75) is 31.8 Å². The molecular weight excluding hydrogens is 230 g/mol. The first kappa shape index (κ1) is 13.3. The molecule has 1 aliphatic carbocycles. The fourth-order valence-electron chi connectivity index (χ4n) is 2.98. The van der Waals surface area contributed by atoms with Crippen LogP contribution in [0.1, 0.15) is 25.7 Å². The standard InChI is InChI=1S/C13H21N3O2/c14-7-10-3-1-2-4-12(10)13(17)16-5-6-18-11(8-15)9-16/h10-12H,1-7,9,14H2. The van der Waals surface area contributed by atoms with Crippen LogP contribution in [0.2, 0.25) is 0 Å². The van der Waals surface area contributed by atoms with Crippen LogP contribution >= 0.6 is 0 Å². The predicted octanol–water partition coefficient (Wildman–Crippen LogP) is 0.502. The van der Waals surface area contributed by atoms with Crippen LogP contribution in [-0.4, -0.2) is 43.2 Å². The van der Waals surface area contributed by atoms with Crippen LogP contribution in [-0.2, 0) is 9.53 Å². The molecule has 0 radical (unpaired) electrons.